The van der Waals surface area contributed by atoms with Gasteiger partial charge in [0, 0.05) is 11.6 Å². The van der Waals surface area contributed by atoms with Crippen molar-refractivity contribution in [2.24, 2.45) is 5.73 Å². The fourth-order valence-electron chi connectivity index (χ4n) is 1.74. The van der Waals surface area contributed by atoms with Gasteiger partial charge in [0.1, 0.15) is 18.2 Å². The molecule has 0 radical (unpaired) electrons. The number of nitrogens with two attached hydrogens (primary N) is 1. The van der Waals surface area contributed by atoms with Crippen LogP contribution in [0, 0.1) is 5.82 Å². The predicted molar refractivity (Wildman–Crippen MR) is 69.8 cm³/mol. The third-order valence-electron chi connectivity index (χ3n) is 2.70. The molecular formula is C15H16FNO. The van der Waals surface area contributed by atoms with Crippen LogP contribution in [0.3, 0.4) is 0 Å². The summed E-state index contributed by atoms with van der Waals surface area (Å²) in [7, 11) is 0. The van der Waals surface area contributed by atoms with Gasteiger partial charge < -0.3 is 10.5 Å². The average molecular weight is 245 g/mol. The van der Waals surface area contributed by atoms with Gasteiger partial charge in [0.15, 0.2) is 0 Å². The minimum Gasteiger partial charge on any atom is -0.489 e. The molecule has 3 heteroatoms. The highest BCUT2D eigenvalue weighted by Gasteiger charge is 2.09. The second-order valence-electron chi connectivity index (χ2n) is 4.25. The third kappa shape index (κ3) is 3.08. The van der Waals surface area contributed by atoms with E-state index in [2.05, 4.69) is 0 Å². The molecule has 0 aliphatic heterocycles. The fourth-order valence-corrected chi connectivity index (χ4v) is 1.74. The normalized spacial score (nSPS) is 12.2. The summed E-state index contributed by atoms with van der Waals surface area (Å²) in [5.74, 6) is 0.338. The van der Waals surface area contributed by atoms with Crippen molar-refractivity contribution in [2.75, 3.05) is 0 Å². The molecule has 0 aromatic heterocycles. The number of hydrogen-bond acceptors (Lipinski definition) is 2. The van der Waals surface area contributed by atoms with Gasteiger partial charge in [0.25, 0.3) is 0 Å². The predicted octanol–water partition coefficient (Wildman–Crippen LogP) is 3.42. The summed E-state index contributed by atoms with van der Waals surface area (Å²) in [5.41, 5.74) is 7.56. The maximum absolute atomic E-state index is 13.2. The largest absolute Gasteiger partial charge is 0.489 e. The third-order valence-corrected chi connectivity index (χ3v) is 2.70. The van der Waals surface area contributed by atoms with E-state index in [-0.39, 0.29) is 11.9 Å². The first kappa shape index (κ1) is 12.6. The number of rotatable bonds is 4. The van der Waals surface area contributed by atoms with Crippen LogP contribution in [0.4, 0.5) is 4.39 Å². The van der Waals surface area contributed by atoms with E-state index in [9.17, 15) is 4.39 Å². The molecule has 0 saturated heterocycles. The maximum Gasteiger partial charge on any atom is 0.124 e. The van der Waals surface area contributed by atoms with E-state index in [0.29, 0.717) is 17.9 Å². The molecule has 0 bridgehead atoms. The Kier molecular flexibility index (Phi) is 3.95. The molecule has 0 aliphatic rings. The minimum atomic E-state index is -0.297. The Balaban J connectivity index is 2.14. The van der Waals surface area contributed by atoms with Crippen LogP contribution in [0.5, 0.6) is 5.75 Å². The van der Waals surface area contributed by atoms with Crippen molar-refractivity contribution in [3.05, 3.63) is 65.5 Å². The van der Waals surface area contributed by atoms with Crippen molar-refractivity contribution < 1.29 is 9.13 Å². The van der Waals surface area contributed by atoms with E-state index in [1.807, 2.05) is 37.3 Å². The molecule has 1 atom stereocenters. The Morgan fingerprint density at radius 2 is 1.89 bits per heavy atom. The number of hydrogen-bond donors (Lipinski definition) is 1. The lowest BCUT2D eigenvalue weighted by atomic mass is 10.1. The summed E-state index contributed by atoms with van der Waals surface area (Å²) in [5, 5.41) is 0. The summed E-state index contributed by atoms with van der Waals surface area (Å²) in [6.45, 7) is 2.26. The molecule has 0 saturated carbocycles. The molecule has 2 aromatic rings. The summed E-state index contributed by atoms with van der Waals surface area (Å²) >= 11 is 0. The van der Waals surface area contributed by atoms with E-state index < -0.39 is 0 Å². The van der Waals surface area contributed by atoms with Gasteiger partial charge in [0.05, 0.1) is 0 Å². The molecular weight excluding hydrogens is 229 g/mol. The topological polar surface area (TPSA) is 35.2 Å². The first-order valence-corrected chi connectivity index (χ1v) is 5.88. The van der Waals surface area contributed by atoms with E-state index in [1.54, 1.807) is 6.07 Å². The molecule has 0 fully saturated rings. The lowest BCUT2D eigenvalue weighted by molar-refractivity contribution is 0.301. The monoisotopic (exact) mass is 245 g/mol. The van der Waals surface area contributed by atoms with Crippen LogP contribution in [-0.2, 0) is 6.61 Å². The molecule has 0 unspecified atom stereocenters. The van der Waals surface area contributed by atoms with Crippen molar-refractivity contribution >= 4 is 0 Å². The highest BCUT2D eigenvalue weighted by Crippen LogP contribution is 2.25. The molecule has 2 rings (SSSR count). The first-order chi connectivity index (χ1) is 8.66. The van der Waals surface area contributed by atoms with Gasteiger partial charge in [-0.05, 0) is 30.7 Å². The van der Waals surface area contributed by atoms with Gasteiger partial charge in [-0.1, -0.05) is 30.3 Å². The molecule has 2 aromatic carbocycles. The van der Waals surface area contributed by atoms with E-state index >= 15 is 0 Å². The van der Waals surface area contributed by atoms with Crippen LogP contribution in [-0.4, -0.2) is 0 Å². The van der Waals surface area contributed by atoms with Crippen molar-refractivity contribution in [1.29, 1.82) is 0 Å². The molecule has 2 N–H and O–H groups in total. The van der Waals surface area contributed by atoms with Crippen molar-refractivity contribution in [1.82, 2.24) is 0 Å². The average Bonchev–Trinajstić information content (AvgIpc) is 2.38. The van der Waals surface area contributed by atoms with Gasteiger partial charge >= 0.3 is 0 Å². The summed E-state index contributed by atoms with van der Waals surface area (Å²) in [6, 6.07) is 14.0. The number of halogens is 1. The van der Waals surface area contributed by atoms with Crippen molar-refractivity contribution in [3.63, 3.8) is 0 Å². The van der Waals surface area contributed by atoms with Crippen LogP contribution >= 0.6 is 0 Å². The van der Waals surface area contributed by atoms with Crippen LogP contribution in [0.25, 0.3) is 0 Å². The second kappa shape index (κ2) is 5.65. The molecule has 0 aliphatic carbocycles. The summed E-state index contributed by atoms with van der Waals surface area (Å²) in [4.78, 5) is 0. The molecule has 2 nitrogen and oxygen atoms in total. The zero-order valence-corrected chi connectivity index (χ0v) is 10.3. The minimum absolute atomic E-state index is 0.258. The summed E-state index contributed by atoms with van der Waals surface area (Å²) in [6.07, 6.45) is 0. The Morgan fingerprint density at radius 1 is 1.17 bits per heavy atom. The quantitative estimate of drug-likeness (QED) is 0.895. The van der Waals surface area contributed by atoms with Gasteiger partial charge in [-0.25, -0.2) is 4.39 Å². The first-order valence-electron chi connectivity index (χ1n) is 5.88. The zero-order chi connectivity index (χ0) is 13.0. The van der Waals surface area contributed by atoms with E-state index in [0.717, 1.165) is 5.56 Å². The summed E-state index contributed by atoms with van der Waals surface area (Å²) < 4.78 is 18.9. The van der Waals surface area contributed by atoms with E-state index in [1.165, 1.54) is 12.1 Å². The van der Waals surface area contributed by atoms with Crippen molar-refractivity contribution in [3.8, 4) is 5.75 Å². The van der Waals surface area contributed by atoms with Gasteiger partial charge in [-0.3, -0.25) is 0 Å². The Bertz CT molecular complexity index is 511. The SMILES string of the molecule is C[C@@H](N)c1cc(F)ccc1OCc1ccccc1. The van der Waals surface area contributed by atoms with Gasteiger partial charge in [-0.15, -0.1) is 0 Å². The molecule has 18 heavy (non-hydrogen) atoms. The lowest BCUT2D eigenvalue weighted by Crippen LogP contribution is -2.08. The van der Waals surface area contributed by atoms with Gasteiger partial charge in [-0.2, -0.15) is 0 Å². The smallest absolute Gasteiger partial charge is 0.124 e. The molecule has 0 heterocycles. The molecule has 0 spiro atoms. The second-order valence-corrected chi connectivity index (χ2v) is 4.25. The van der Waals surface area contributed by atoms with Crippen LogP contribution < -0.4 is 10.5 Å². The van der Waals surface area contributed by atoms with Crippen LogP contribution in [0.15, 0.2) is 48.5 Å². The van der Waals surface area contributed by atoms with E-state index in [4.69, 9.17) is 10.5 Å². The van der Waals surface area contributed by atoms with Gasteiger partial charge in [0.2, 0.25) is 0 Å². The highest BCUT2D eigenvalue weighted by atomic mass is 19.1. The Labute approximate surface area is 106 Å². The number of ether oxygens (including phenoxy) is 1. The van der Waals surface area contributed by atoms with Crippen molar-refractivity contribution in [2.45, 2.75) is 19.6 Å². The Hall–Kier alpha value is -1.87. The Morgan fingerprint density at radius 3 is 2.56 bits per heavy atom. The standard InChI is InChI=1S/C15H16FNO/c1-11(17)14-9-13(16)7-8-15(14)18-10-12-5-3-2-4-6-12/h2-9,11H,10,17H2,1H3/t11-/m1/s1. The van der Waals surface area contributed by atoms with Crippen LogP contribution in [0.1, 0.15) is 24.1 Å². The molecule has 0 amide bonds. The number of benzene rings is 2. The fraction of sp³-hybridized carbons (Fsp3) is 0.200. The lowest BCUT2D eigenvalue weighted by Gasteiger charge is -2.14. The van der Waals surface area contributed by atoms with Crippen LogP contribution in [0.2, 0.25) is 0 Å². The maximum atomic E-state index is 13.2. The molecule has 94 valence electrons. The highest BCUT2D eigenvalue weighted by molar-refractivity contribution is 5.36. The zero-order valence-electron chi connectivity index (χ0n) is 10.3.